The first-order valence-electron chi connectivity index (χ1n) is 16.9. The van der Waals surface area contributed by atoms with Gasteiger partial charge in [-0.25, -0.2) is 15.0 Å². The summed E-state index contributed by atoms with van der Waals surface area (Å²) in [7, 11) is 0. The summed E-state index contributed by atoms with van der Waals surface area (Å²) in [6, 6.07) is 48.6. The summed E-state index contributed by atoms with van der Waals surface area (Å²) >= 11 is 0. The summed E-state index contributed by atoms with van der Waals surface area (Å²) in [5, 5.41) is 21.5. The van der Waals surface area contributed by atoms with E-state index in [1.165, 1.54) is 0 Å². The number of allylic oxidation sites excluding steroid dienone is 3. The largest absolute Gasteiger partial charge is 0.208 e. The second kappa shape index (κ2) is 15.5. The van der Waals surface area contributed by atoms with Crippen LogP contribution in [0.4, 0.5) is 0 Å². The molecule has 0 saturated heterocycles. The first-order valence-corrected chi connectivity index (χ1v) is 16.9. The van der Waals surface area contributed by atoms with Crippen LogP contribution in [-0.4, -0.2) is 15.0 Å². The molecule has 5 heteroatoms. The number of nitriles is 2. The molecule has 0 fully saturated rings. The van der Waals surface area contributed by atoms with Crippen LogP contribution in [0.5, 0.6) is 0 Å². The van der Waals surface area contributed by atoms with Crippen molar-refractivity contribution in [3.05, 3.63) is 169 Å². The Labute approximate surface area is 299 Å². The van der Waals surface area contributed by atoms with Crippen LogP contribution in [0.25, 0.3) is 72.5 Å². The Balaban J connectivity index is 0.00000220. The van der Waals surface area contributed by atoms with Crippen molar-refractivity contribution in [3.63, 3.8) is 0 Å². The number of aromatic nitrogens is 3. The fraction of sp³-hybridized carbons (Fsp3) is 0.0652. The van der Waals surface area contributed by atoms with Gasteiger partial charge in [0, 0.05) is 16.7 Å². The molecule has 244 valence electrons. The van der Waals surface area contributed by atoms with Gasteiger partial charge in [0.05, 0.1) is 23.3 Å². The Morgan fingerprint density at radius 1 is 0.529 bits per heavy atom. The van der Waals surface area contributed by atoms with Crippen LogP contribution in [-0.2, 0) is 0 Å². The Bertz CT molecular complexity index is 2500. The molecule has 0 N–H and O–H groups in total. The number of nitrogens with zero attached hydrogens (tertiary/aromatic N) is 5. The van der Waals surface area contributed by atoms with E-state index in [0.29, 0.717) is 28.6 Å². The molecule has 51 heavy (non-hydrogen) atoms. The molecule has 0 saturated carbocycles. The maximum atomic E-state index is 9.94. The van der Waals surface area contributed by atoms with Gasteiger partial charge in [-0.3, -0.25) is 0 Å². The molecule has 7 aromatic rings. The Morgan fingerprint density at radius 2 is 1.06 bits per heavy atom. The highest BCUT2D eigenvalue weighted by Crippen LogP contribution is 2.38. The van der Waals surface area contributed by atoms with Gasteiger partial charge in [0.1, 0.15) is 0 Å². The van der Waals surface area contributed by atoms with Crippen LogP contribution in [0.2, 0.25) is 0 Å². The SMILES string of the molecule is C=C/C(=C\C)c1nc(-c2ccccc2)nc(-c2cccc(-c3ccc(-c4cc(C#N)cc(-c5cccc(C#N)c5)c4)c4ccccc34)c2)n1.CC. The van der Waals surface area contributed by atoms with Gasteiger partial charge in [-0.2, -0.15) is 10.5 Å². The van der Waals surface area contributed by atoms with E-state index in [2.05, 4.69) is 61.2 Å². The van der Waals surface area contributed by atoms with Crippen molar-refractivity contribution in [2.75, 3.05) is 0 Å². The lowest BCUT2D eigenvalue weighted by Crippen LogP contribution is -2.02. The zero-order valence-corrected chi connectivity index (χ0v) is 28.8. The molecule has 0 spiro atoms. The van der Waals surface area contributed by atoms with E-state index >= 15 is 0 Å². The molecular formula is C46H35N5. The smallest absolute Gasteiger partial charge is 0.164 e. The maximum Gasteiger partial charge on any atom is 0.164 e. The van der Waals surface area contributed by atoms with E-state index in [1.807, 2.05) is 112 Å². The minimum Gasteiger partial charge on any atom is -0.208 e. The molecule has 0 amide bonds. The highest BCUT2D eigenvalue weighted by atomic mass is 15.0. The van der Waals surface area contributed by atoms with Gasteiger partial charge in [0.2, 0.25) is 0 Å². The van der Waals surface area contributed by atoms with Gasteiger partial charge in [-0.05, 0) is 87.5 Å². The first-order chi connectivity index (χ1) is 25.1. The molecular weight excluding hydrogens is 623 g/mol. The van der Waals surface area contributed by atoms with E-state index < -0.39 is 0 Å². The predicted octanol–water partition coefficient (Wildman–Crippen LogP) is 11.7. The van der Waals surface area contributed by atoms with Crippen molar-refractivity contribution < 1.29 is 0 Å². The highest BCUT2D eigenvalue weighted by Gasteiger charge is 2.15. The maximum absolute atomic E-state index is 9.94. The van der Waals surface area contributed by atoms with Crippen LogP contribution in [0.15, 0.2) is 152 Å². The van der Waals surface area contributed by atoms with E-state index in [0.717, 1.165) is 60.9 Å². The van der Waals surface area contributed by atoms with Crippen LogP contribution in [0, 0.1) is 22.7 Å². The van der Waals surface area contributed by atoms with Crippen molar-refractivity contribution in [1.29, 1.82) is 10.5 Å². The summed E-state index contributed by atoms with van der Waals surface area (Å²) in [6.45, 7) is 9.91. The lowest BCUT2D eigenvalue weighted by atomic mass is 9.89. The molecule has 1 heterocycles. The summed E-state index contributed by atoms with van der Waals surface area (Å²) in [4.78, 5) is 14.6. The van der Waals surface area contributed by atoms with E-state index in [9.17, 15) is 10.5 Å². The van der Waals surface area contributed by atoms with Gasteiger partial charge in [0.15, 0.2) is 17.5 Å². The molecule has 7 rings (SSSR count). The third-order valence-electron chi connectivity index (χ3n) is 8.51. The van der Waals surface area contributed by atoms with Crippen LogP contribution < -0.4 is 0 Å². The summed E-state index contributed by atoms with van der Waals surface area (Å²) in [5.41, 5.74) is 9.56. The van der Waals surface area contributed by atoms with E-state index in [4.69, 9.17) is 15.0 Å². The first kappa shape index (κ1) is 33.9. The molecule has 0 atom stereocenters. The molecule has 0 aliphatic heterocycles. The van der Waals surface area contributed by atoms with Crippen molar-refractivity contribution in [3.8, 4) is 68.3 Å². The van der Waals surface area contributed by atoms with Crippen molar-refractivity contribution in [1.82, 2.24) is 15.0 Å². The number of fused-ring (bicyclic) bond motifs is 1. The average Bonchev–Trinajstić information content (AvgIpc) is 3.21. The van der Waals surface area contributed by atoms with Crippen LogP contribution in [0.1, 0.15) is 37.7 Å². The molecule has 0 bridgehead atoms. The number of rotatable bonds is 7. The molecule has 0 unspecified atom stereocenters. The average molecular weight is 658 g/mol. The fourth-order valence-corrected chi connectivity index (χ4v) is 6.10. The topological polar surface area (TPSA) is 86.2 Å². The Hall–Kier alpha value is -6.95. The van der Waals surface area contributed by atoms with Crippen molar-refractivity contribution in [2.45, 2.75) is 20.8 Å². The van der Waals surface area contributed by atoms with E-state index in [1.54, 1.807) is 12.1 Å². The zero-order valence-electron chi connectivity index (χ0n) is 28.8. The summed E-state index contributed by atoms with van der Waals surface area (Å²) in [5.74, 6) is 1.74. The van der Waals surface area contributed by atoms with Crippen LogP contribution >= 0.6 is 0 Å². The molecule has 5 nitrogen and oxygen atoms in total. The van der Waals surface area contributed by atoms with Gasteiger partial charge in [0.25, 0.3) is 0 Å². The number of benzene rings is 6. The Morgan fingerprint density at radius 3 is 1.73 bits per heavy atom. The third kappa shape index (κ3) is 7.10. The quantitative estimate of drug-likeness (QED) is 0.159. The van der Waals surface area contributed by atoms with E-state index in [-0.39, 0.29) is 0 Å². The Kier molecular flexibility index (Phi) is 10.3. The van der Waals surface area contributed by atoms with Crippen LogP contribution in [0.3, 0.4) is 0 Å². The summed E-state index contributed by atoms with van der Waals surface area (Å²) < 4.78 is 0. The third-order valence-corrected chi connectivity index (χ3v) is 8.51. The van der Waals surface area contributed by atoms with Gasteiger partial charge in [-0.15, -0.1) is 0 Å². The lowest BCUT2D eigenvalue weighted by Gasteiger charge is -2.14. The lowest BCUT2D eigenvalue weighted by molar-refractivity contribution is 1.04. The molecule has 0 aliphatic carbocycles. The molecule has 1 aromatic heterocycles. The monoisotopic (exact) mass is 657 g/mol. The number of hydrogen-bond donors (Lipinski definition) is 0. The normalized spacial score (nSPS) is 10.8. The second-order valence-electron chi connectivity index (χ2n) is 11.5. The minimum atomic E-state index is 0.555. The fourth-order valence-electron chi connectivity index (χ4n) is 6.10. The van der Waals surface area contributed by atoms with Crippen molar-refractivity contribution >= 4 is 16.3 Å². The summed E-state index contributed by atoms with van der Waals surface area (Å²) in [6.07, 6.45) is 3.71. The van der Waals surface area contributed by atoms with Crippen molar-refractivity contribution in [2.24, 2.45) is 0 Å². The predicted molar refractivity (Wildman–Crippen MR) is 209 cm³/mol. The number of hydrogen-bond acceptors (Lipinski definition) is 5. The second-order valence-corrected chi connectivity index (χ2v) is 11.5. The molecule has 0 radical (unpaired) electrons. The highest BCUT2D eigenvalue weighted by molar-refractivity contribution is 6.05. The minimum absolute atomic E-state index is 0.555. The van der Waals surface area contributed by atoms with Gasteiger partial charge < -0.3 is 0 Å². The molecule has 0 aliphatic rings. The zero-order chi connectivity index (χ0) is 35.7. The standard InChI is InChI=1S/C44H29N5.C2H6/c1-3-31(4-2)42-47-43(32-13-6-5-7-14-32)49-44(48-42)35-17-11-16-34(25-35)38-20-21-39(41-19-9-8-18-40(38)41)37-24-30(28-46)23-36(26-37)33-15-10-12-29(22-33)27-45;1-2/h3-26H,1H2,2H3;1-2H3/b31-4+;. The van der Waals surface area contributed by atoms with Gasteiger partial charge >= 0.3 is 0 Å². The molecule has 6 aromatic carbocycles. The van der Waals surface area contributed by atoms with Gasteiger partial charge in [-0.1, -0.05) is 130 Å².